The maximum absolute atomic E-state index is 11.9. The summed E-state index contributed by atoms with van der Waals surface area (Å²) in [6, 6.07) is 7.95. The number of benzene rings is 1. The summed E-state index contributed by atoms with van der Waals surface area (Å²) < 4.78 is 1.01. The van der Waals surface area contributed by atoms with Crippen LogP contribution in [0, 0.1) is 0 Å². The van der Waals surface area contributed by atoms with E-state index in [-0.39, 0.29) is 17.9 Å². The predicted molar refractivity (Wildman–Crippen MR) is 87.9 cm³/mol. The summed E-state index contributed by atoms with van der Waals surface area (Å²) in [7, 11) is 0. The number of amides is 2. The average Bonchev–Trinajstić information content (AvgIpc) is 2.42. The van der Waals surface area contributed by atoms with Gasteiger partial charge in [-0.3, -0.25) is 9.59 Å². The van der Waals surface area contributed by atoms with Gasteiger partial charge >= 0.3 is 0 Å². The van der Waals surface area contributed by atoms with Crippen LogP contribution in [0.25, 0.3) is 0 Å². The van der Waals surface area contributed by atoms with Gasteiger partial charge in [-0.15, -0.1) is 0 Å². The van der Waals surface area contributed by atoms with Gasteiger partial charge in [0.2, 0.25) is 11.8 Å². The molecule has 116 valence electrons. The molecule has 1 unspecified atom stereocenters. The van der Waals surface area contributed by atoms with Crippen LogP contribution in [0.15, 0.2) is 28.7 Å². The van der Waals surface area contributed by atoms with E-state index in [9.17, 15) is 9.59 Å². The Morgan fingerprint density at radius 3 is 2.67 bits per heavy atom. The number of hydrogen-bond acceptors (Lipinski definition) is 2. The maximum Gasteiger partial charge on any atom is 0.220 e. The zero-order valence-electron chi connectivity index (χ0n) is 12.6. The van der Waals surface area contributed by atoms with Crippen LogP contribution in [-0.4, -0.2) is 18.4 Å². The minimum atomic E-state index is -0.00408. The van der Waals surface area contributed by atoms with E-state index in [1.54, 1.807) is 0 Å². The first-order chi connectivity index (χ1) is 9.99. The summed E-state index contributed by atoms with van der Waals surface area (Å²) in [5.41, 5.74) is 1.09. The molecule has 0 heterocycles. The molecule has 0 saturated heterocycles. The number of carbonyl (C=O) groups excluding carboxylic acids is 2. The van der Waals surface area contributed by atoms with E-state index in [1.165, 1.54) is 6.92 Å². The fourth-order valence-electron chi connectivity index (χ4n) is 2.02. The van der Waals surface area contributed by atoms with Crippen molar-refractivity contribution in [2.45, 2.75) is 45.6 Å². The normalized spacial score (nSPS) is 11.8. The van der Waals surface area contributed by atoms with Gasteiger partial charge in [0.25, 0.3) is 0 Å². The first-order valence-electron chi connectivity index (χ1n) is 7.28. The van der Waals surface area contributed by atoms with E-state index in [0.29, 0.717) is 13.0 Å². The molecule has 0 aliphatic carbocycles. The second-order valence-corrected chi connectivity index (χ2v) is 6.05. The lowest BCUT2D eigenvalue weighted by atomic mass is 10.1. The maximum atomic E-state index is 11.9. The largest absolute Gasteiger partial charge is 0.356 e. The third-order valence-electron chi connectivity index (χ3n) is 3.18. The zero-order chi connectivity index (χ0) is 15.7. The molecular weight excluding hydrogens is 332 g/mol. The molecular formula is C16H23BrN2O2. The first kappa shape index (κ1) is 17.7. The number of carbonyl (C=O) groups is 2. The Labute approximate surface area is 134 Å². The van der Waals surface area contributed by atoms with Crippen molar-refractivity contribution in [2.75, 3.05) is 6.54 Å². The molecule has 0 aliphatic heterocycles. The summed E-state index contributed by atoms with van der Waals surface area (Å²) in [5, 5.41) is 5.75. The lowest BCUT2D eigenvalue weighted by molar-refractivity contribution is -0.122. The van der Waals surface area contributed by atoms with Crippen LogP contribution >= 0.6 is 15.9 Å². The minimum Gasteiger partial charge on any atom is -0.356 e. The third kappa shape index (κ3) is 7.85. The molecule has 0 spiro atoms. The second-order valence-electron chi connectivity index (χ2n) is 5.14. The van der Waals surface area contributed by atoms with E-state index in [0.717, 1.165) is 29.3 Å². The number of hydrogen-bond donors (Lipinski definition) is 2. The zero-order valence-corrected chi connectivity index (χ0v) is 14.2. The Balaban J connectivity index is 2.20. The summed E-state index contributed by atoms with van der Waals surface area (Å²) in [4.78, 5) is 22.5. The van der Waals surface area contributed by atoms with Crippen molar-refractivity contribution in [2.24, 2.45) is 0 Å². The highest BCUT2D eigenvalue weighted by molar-refractivity contribution is 9.10. The van der Waals surface area contributed by atoms with Gasteiger partial charge in [-0.25, -0.2) is 0 Å². The molecule has 1 atom stereocenters. The molecule has 5 heteroatoms. The molecule has 2 N–H and O–H groups in total. The Morgan fingerprint density at radius 2 is 2.00 bits per heavy atom. The van der Waals surface area contributed by atoms with Gasteiger partial charge in [-0.05, 0) is 37.5 Å². The Hall–Kier alpha value is -1.36. The Morgan fingerprint density at radius 1 is 1.24 bits per heavy atom. The highest BCUT2D eigenvalue weighted by Gasteiger charge is 2.09. The number of halogens is 1. The van der Waals surface area contributed by atoms with Crippen LogP contribution in [0.2, 0.25) is 0 Å². The highest BCUT2D eigenvalue weighted by atomic mass is 79.9. The van der Waals surface area contributed by atoms with E-state index >= 15 is 0 Å². The van der Waals surface area contributed by atoms with Crippen LogP contribution < -0.4 is 10.6 Å². The summed E-state index contributed by atoms with van der Waals surface area (Å²) in [5.74, 6) is 0.0672. The predicted octanol–water partition coefficient (Wildman–Crippen LogP) is 3.32. The SMILES string of the molecule is CC(=O)NCCCCCC(=O)NC(C)c1cccc(Br)c1. The monoisotopic (exact) mass is 354 g/mol. The molecule has 0 fully saturated rings. The molecule has 1 aromatic rings. The topological polar surface area (TPSA) is 58.2 Å². The Bertz CT molecular complexity index is 477. The summed E-state index contributed by atoms with van der Waals surface area (Å²) in [6.07, 6.45) is 3.22. The first-order valence-corrected chi connectivity index (χ1v) is 8.07. The Kier molecular flexibility index (Phi) is 8.05. The average molecular weight is 355 g/mol. The number of rotatable bonds is 8. The molecule has 0 radical (unpaired) electrons. The smallest absolute Gasteiger partial charge is 0.220 e. The molecule has 2 amide bonds. The van der Waals surface area contributed by atoms with Gasteiger partial charge in [0.1, 0.15) is 0 Å². The van der Waals surface area contributed by atoms with Crippen LogP contribution in [0.3, 0.4) is 0 Å². The van der Waals surface area contributed by atoms with Gasteiger partial charge in [0.15, 0.2) is 0 Å². The molecule has 0 aromatic heterocycles. The van der Waals surface area contributed by atoms with Gasteiger partial charge in [0.05, 0.1) is 6.04 Å². The van der Waals surface area contributed by atoms with Crippen molar-refractivity contribution in [3.63, 3.8) is 0 Å². The van der Waals surface area contributed by atoms with Gasteiger partial charge in [-0.1, -0.05) is 34.5 Å². The second kappa shape index (κ2) is 9.55. The van der Waals surface area contributed by atoms with Gasteiger partial charge < -0.3 is 10.6 Å². The van der Waals surface area contributed by atoms with Gasteiger partial charge in [0, 0.05) is 24.4 Å². The van der Waals surface area contributed by atoms with E-state index in [2.05, 4.69) is 26.6 Å². The van der Waals surface area contributed by atoms with Crippen molar-refractivity contribution < 1.29 is 9.59 Å². The molecule has 1 rings (SSSR count). The molecule has 1 aromatic carbocycles. The lowest BCUT2D eigenvalue weighted by Crippen LogP contribution is -2.26. The van der Waals surface area contributed by atoms with Crippen LogP contribution in [0.4, 0.5) is 0 Å². The van der Waals surface area contributed by atoms with Crippen molar-refractivity contribution in [1.29, 1.82) is 0 Å². The van der Waals surface area contributed by atoms with Crippen molar-refractivity contribution >= 4 is 27.7 Å². The third-order valence-corrected chi connectivity index (χ3v) is 3.67. The van der Waals surface area contributed by atoms with Crippen molar-refractivity contribution in [3.05, 3.63) is 34.3 Å². The lowest BCUT2D eigenvalue weighted by Gasteiger charge is -2.14. The van der Waals surface area contributed by atoms with Crippen LogP contribution in [0.1, 0.15) is 51.1 Å². The minimum absolute atomic E-state index is 0.00408. The van der Waals surface area contributed by atoms with E-state index < -0.39 is 0 Å². The van der Waals surface area contributed by atoms with Gasteiger partial charge in [-0.2, -0.15) is 0 Å². The summed E-state index contributed by atoms with van der Waals surface area (Å²) >= 11 is 3.43. The van der Waals surface area contributed by atoms with Crippen molar-refractivity contribution in [3.8, 4) is 0 Å². The summed E-state index contributed by atoms with van der Waals surface area (Å²) in [6.45, 7) is 4.18. The molecule has 0 aliphatic rings. The molecule has 4 nitrogen and oxygen atoms in total. The molecule has 0 saturated carbocycles. The quantitative estimate of drug-likeness (QED) is 0.703. The van der Waals surface area contributed by atoms with E-state index in [4.69, 9.17) is 0 Å². The molecule has 0 bridgehead atoms. The van der Waals surface area contributed by atoms with Crippen LogP contribution in [0.5, 0.6) is 0 Å². The van der Waals surface area contributed by atoms with E-state index in [1.807, 2.05) is 31.2 Å². The highest BCUT2D eigenvalue weighted by Crippen LogP contribution is 2.18. The van der Waals surface area contributed by atoms with Crippen molar-refractivity contribution in [1.82, 2.24) is 10.6 Å². The van der Waals surface area contributed by atoms with Crippen LogP contribution in [-0.2, 0) is 9.59 Å². The molecule has 21 heavy (non-hydrogen) atoms. The number of unbranched alkanes of at least 4 members (excludes halogenated alkanes) is 2. The fourth-order valence-corrected chi connectivity index (χ4v) is 2.44. The number of nitrogens with one attached hydrogen (secondary N) is 2. The standard InChI is InChI=1S/C16H23BrN2O2/c1-12(14-7-6-8-15(17)11-14)19-16(21)9-4-3-5-10-18-13(2)20/h6-8,11-12H,3-5,9-10H2,1-2H3,(H,18,20)(H,19,21). The fraction of sp³-hybridized carbons (Fsp3) is 0.500.